The van der Waals surface area contributed by atoms with Gasteiger partial charge in [-0.2, -0.15) is 0 Å². The lowest BCUT2D eigenvalue weighted by atomic mass is 10.0. The third-order valence-electron chi connectivity index (χ3n) is 5.88. The SMILES string of the molecule is O=C(CCc1cccnc1)NC(N1CCCN(c2cccc3c2NCCC3)C1=S)C(Cl)(Cl)Cl. The van der Waals surface area contributed by atoms with Crippen LogP contribution >= 0.6 is 47.0 Å². The molecule has 0 saturated carbocycles. The van der Waals surface area contributed by atoms with E-state index in [-0.39, 0.29) is 12.3 Å². The number of aromatic nitrogens is 1. The molecule has 6 nitrogen and oxygen atoms in total. The summed E-state index contributed by atoms with van der Waals surface area (Å²) in [4.78, 5) is 20.7. The van der Waals surface area contributed by atoms with Crippen LogP contribution in [0.5, 0.6) is 0 Å². The van der Waals surface area contributed by atoms with Gasteiger partial charge in [0.2, 0.25) is 9.70 Å². The van der Waals surface area contributed by atoms with Gasteiger partial charge < -0.3 is 20.4 Å². The number of amides is 1. The number of hydrogen-bond donors (Lipinski definition) is 2. The topological polar surface area (TPSA) is 60.5 Å². The Labute approximate surface area is 214 Å². The molecule has 0 spiro atoms. The van der Waals surface area contributed by atoms with Gasteiger partial charge in [0.15, 0.2) is 11.3 Å². The molecule has 3 heterocycles. The van der Waals surface area contributed by atoms with Crippen molar-refractivity contribution in [2.24, 2.45) is 0 Å². The first-order chi connectivity index (χ1) is 15.8. The predicted octanol–water partition coefficient (Wildman–Crippen LogP) is 4.68. The van der Waals surface area contributed by atoms with Gasteiger partial charge in [-0.1, -0.05) is 53.0 Å². The highest BCUT2D eigenvalue weighted by atomic mass is 35.6. The van der Waals surface area contributed by atoms with E-state index in [2.05, 4.69) is 38.7 Å². The minimum Gasteiger partial charge on any atom is -0.383 e. The van der Waals surface area contributed by atoms with Crippen LogP contribution in [-0.2, 0) is 17.6 Å². The van der Waals surface area contributed by atoms with Crippen molar-refractivity contribution in [1.29, 1.82) is 0 Å². The molecule has 2 aliphatic rings. The Bertz CT molecular complexity index is 1000. The fourth-order valence-corrected chi connectivity index (χ4v) is 5.19. The highest BCUT2D eigenvalue weighted by Crippen LogP contribution is 2.37. The Morgan fingerprint density at radius 1 is 1.21 bits per heavy atom. The van der Waals surface area contributed by atoms with E-state index < -0.39 is 9.96 Å². The molecule has 1 saturated heterocycles. The molecule has 2 aliphatic heterocycles. The highest BCUT2D eigenvalue weighted by molar-refractivity contribution is 7.80. The zero-order valence-electron chi connectivity index (χ0n) is 18.1. The first kappa shape index (κ1) is 24.3. The number of pyridine rings is 1. The van der Waals surface area contributed by atoms with Crippen molar-refractivity contribution >= 4 is 69.4 Å². The van der Waals surface area contributed by atoms with Gasteiger partial charge in [-0.25, -0.2) is 0 Å². The van der Waals surface area contributed by atoms with Crippen LogP contribution in [0.15, 0.2) is 42.7 Å². The number of nitrogens with one attached hydrogen (secondary N) is 2. The summed E-state index contributed by atoms with van der Waals surface area (Å²) < 4.78 is -1.76. The van der Waals surface area contributed by atoms with Gasteiger partial charge in [-0.15, -0.1) is 0 Å². The number of nitrogens with zero attached hydrogens (tertiary/aromatic N) is 3. The molecule has 10 heteroatoms. The zero-order chi connectivity index (χ0) is 23.4. The third kappa shape index (κ3) is 5.83. The van der Waals surface area contributed by atoms with E-state index in [1.165, 1.54) is 5.56 Å². The van der Waals surface area contributed by atoms with Crippen molar-refractivity contribution in [3.63, 3.8) is 0 Å². The minimum atomic E-state index is -1.76. The largest absolute Gasteiger partial charge is 0.383 e. The molecule has 0 bridgehead atoms. The van der Waals surface area contributed by atoms with Crippen LogP contribution in [-0.4, -0.2) is 50.5 Å². The minimum absolute atomic E-state index is 0.214. The number of thiocarbonyl (C=S) groups is 1. The van der Waals surface area contributed by atoms with Crippen LogP contribution in [0.4, 0.5) is 11.4 Å². The van der Waals surface area contributed by atoms with E-state index >= 15 is 0 Å². The molecule has 176 valence electrons. The molecule has 1 unspecified atom stereocenters. The summed E-state index contributed by atoms with van der Waals surface area (Å²) in [6.45, 7) is 2.27. The lowest BCUT2D eigenvalue weighted by Gasteiger charge is -2.45. The van der Waals surface area contributed by atoms with Gasteiger partial charge in [0, 0.05) is 38.4 Å². The summed E-state index contributed by atoms with van der Waals surface area (Å²) in [5.74, 6) is -0.214. The second-order valence-corrected chi connectivity index (χ2v) is 10.9. The molecule has 1 aromatic heterocycles. The first-order valence-corrected chi connectivity index (χ1v) is 12.6. The number of halogens is 3. The average molecular weight is 527 g/mol. The number of fused-ring (bicyclic) bond motifs is 1. The van der Waals surface area contributed by atoms with Crippen molar-refractivity contribution in [3.8, 4) is 0 Å². The van der Waals surface area contributed by atoms with Gasteiger partial charge in [0.25, 0.3) is 0 Å². The van der Waals surface area contributed by atoms with Crippen molar-refractivity contribution in [2.45, 2.75) is 42.1 Å². The number of anilines is 2. The van der Waals surface area contributed by atoms with Gasteiger partial charge >= 0.3 is 0 Å². The predicted molar refractivity (Wildman–Crippen MR) is 139 cm³/mol. The Kier molecular flexibility index (Phi) is 7.84. The van der Waals surface area contributed by atoms with E-state index in [1.807, 2.05) is 17.0 Å². The number of benzene rings is 1. The monoisotopic (exact) mass is 525 g/mol. The molecule has 2 N–H and O–H groups in total. The highest BCUT2D eigenvalue weighted by Gasteiger charge is 2.42. The molecule has 0 aliphatic carbocycles. The van der Waals surface area contributed by atoms with Crippen molar-refractivity contribution in [3.05, 3.63) is 53.9 Å². The first-order valence-electron chi connectivity index (χ1n) is 11.0. The number of para-hydroxylation sites is 1. The van der Waals surface area contributed by atoms with Crippen LogP contribution in [0, 0.1) is 0 Å². The Balaban J connectivity index is 1.51. The Morgan fingerprint density at radius 3 is 2.82 bits per heavy atom. The molecule has 4 rings (SSSR count). The number of aryl methyl sites for hydroxylation is 2. The summed E-state index contributed by atoms with van der Waals surface area (Å²) in [6.07, 6.45) is 6.31. The Morgan fingerprint density at radius 2 is 2.06 bits per heavy atom. The third-order valence-corrected chi connectivity index (χ3v) is 6.96. The standard InChI is InChI=1S/C23H26Cl3N5OS/c24-23(25,26)21(29-19(32)10-9-16-5-2-11-27-15-16)31-14-4-13-30(22(31)33)18-8-1-6-17-7-3-12-28-20(17)18/h1-2,5-6,8,11,15,21,28H,3-4,7,9-10,12-14H2,(H,29,32). The lowest BCUT2D eigenvalue weighted by Crippen LogP contribution is -2.62. The van der Waals surface area contributed by atoms with Crippen molar-refractivity contribution < 1.29 is 4.79 Å². The maximum absolute atomic E-state index is 12.8. The van der Waals surface area contributed by atoms with Crippen LogP contribution < -0.4 is 15.5 Å². The molecule has 1 atom stereocenters. The maximum atomic E-state index is 12.8. The summed E-state index contributed by atoms with van der Waals surface area (Å²) in [6, 6.07) is 10.0. The number of rotatable bonds is 6. The fraction of sp³-hybridized carbons (Fsp3) is 0.435. The molecule has 2 aromatic rings. The summed E-state index contributed by atoms with van der Waals surface area (Å²) in [7, 11) is 0. The second-order valence-electron chi connectivity index (χ2n) is 8.20. The van der Waals surface area contributed by atoms with Gasteiger partial charge in [-0.3, -0.25) is 9.78 Å². The van der Waals surface area contributed by atoms with Crippen LogP contribution in [0.3, 0.4) is 0 Å². The molecule has 1 aromatic carbocycles. The van der Waals surface area contributed by atoms with Crippen molar-refractivity contribution in [2.75, 3.05) is 29.9 Å². The van der Waals surface area contributed by atoms with E-state index in [1.54, 1.807) is 12.4 Å². The van der Waals surface area contributed by atoms with Crippen LogP contribution in [0.25, 0.3) is 0 Å². The molecule has 0 radical (unpaired) electrons. The second kappa shape index (κ2) is 10.6. The number of carbonyl (C=O) groups excluding carboxylic acids is 1. The van der Waals surface area contributed by atoms with E-state index in [9.17, 15) is 4.79 Å². The van der Waals surface area contributed by atoms with Crippen molar-refractivity contribution in [1.82, 2.24) is 15.2 Å². The fourth-order valence-electron chi connectivity index (χ4n) is 4.29. The maximum Gasteiger partial charge on any atom is 0.228 e. The molecule has 1 fully saturated rings. The molecule has 1 amide bonds. The average Bonchev–Trinajstić information content (AvgIpc) is 2.81. The quantitative estimate of drug-likeness (QED) is 0.421. The number of hydrogen-bond acceptors (Lipinski definition) is 4. The number of carbonyl (C=O) groups is 1. The summed E-state index contributed by atoms with van der Waals surface area (Å²) >= 11 is 24.9. The van der Waals surface area contributed by atoms with Gasteiger partial charge in [0.05, 0.1) is 11.4 Å². The lowest BCUT2D eigenvalue weighted by molar-refractivity contribution is -0.122. The molecule has 33 heavy (non-hydrogen) atoms. The number of alkyl halides is 3. The van der Waals surface area contributed by atoms with Gasteiger partial charge in [-0.05, 0) is 61.2 Å². The van der Waals surface area contributed by atoms with Gasteiger partial charge in [0.1, 0.15) is 0 Å². The van der Waals surface area contributed by atoms with E-state index in [0.29, 0.717) is 18.1 Å². The normalized spacial score (nSPS) is 17.2. The van der Waals surface area contributed by atoms with Crippen LogP contribution in [0.1, 0.15) is 30.4 Å². The van der Waals surface area contributed by atoms with E-state index in [4.69, 9.17) is 47.0 Å². The van der Waals surface area contributed by atoms with Crippen LogP contribution in [0.2, 0.25) is 0 Å². The summed E-state index contributed by atoms with van der Waals surface area (Å²) in [5.41, 5.74) is 4.38. The molecular weight excluding hydrogens is 501 g/mol. The summed E-state index contributed by atoms with van der Waals surface area (Å²) in [5, 5.41) is 6.95. The molecular formula is C23H26Cl3N5OS. The zero-order valence-corrected chi connectivity index (χ0v) is 21.2. The van der Waals surface area contributed by atoms with E-state index in [0.717, 1.165) is 49.3 Å². The Hall–Kier alpha value is -1.80. The smallest absolute Gasteiger partial charge is 0.228 e.